The molecule has 0 aliphatic heterocycles. The van der Waals surface area contributed by atoms with E-state index in [9.17, 15) is 10.1 Å². The Morgan fingerprint density at radius 2 is 1.80 bits per heavy atom. The molecule has 10 nitrogen and oxygen atoms in total. The smallest absolute Gasteiger partial charge is 0.269 e. The van der Waals surface area contributed by atoms with Crippen LogP contribution in [-0.2, 0) is 4.84 Å². The van der Waals surface area contributed by atoms with Crippen LogP contribution in [0, 0.1) is 10.1 Å². The quantitative estimate of drug-likeness (QED) is 0.139. The van der Waals surface area contributed by atoms with Gasteiger partial charge in [0.1, 0.15) is 19.0 Å². The molecule has 0 aliphatic carbocycles. The second kappa shape index (κ2) is 9.05. The van der Waals surface area contributed by atoms with Crippen LogP contribution in [0.2, 0.25) is 0 Å². The maximum atomic E-state index is 10.6. The largest absolute Gasteiger partial charge is 0.491 e. The number of hydrogen-bond donors (Lipinski definition) is 4. The summed E-state index contributed by atoms with van der Waals surface area (Å²) in [4.78, 5) is 15.3. The van der Waals surface area contributed by atoms with Gasteiger partial charge in [0.25, 0.3) is 5.69 Å². The van der Waals surface area contributed by atoms with E-state index in [1.54, 1.807) is 36.4 Å². The van der Waals surface area contributed by atoms with Gasteiger partial charge in [0.15, 0.2) is 5.84 Å². The normalized spacial score (nSPS) is 11.0. The maximum Gasteiger partial charge on any atom is 0.269 e. The van der Waals surface area contributed by atoms with E-state index in [2.05, 4.69) is 16.0 Å². The summed E-state index contributed by atoms with van der Waals surface area (Å²) in [5, 5.41) is 14.1. The highest BCUT2D eigenvalue weighted by molar-refractivity contribution is 5.98. The van der Waals surface area contributed by atoms with Crippen molar-refractivity contribution in [3.63, 3.8) is 0 Å². The molecule has 0 amide bonds. The molecule has 0 saturated carbocycles. The van der Waals surface area contributed by atoms with Gasteiger partial charge in [-0.1, -0.05) is 0 Å². The van der Waals surface area contributed by atoms with Gasteiger partial charge in [0.2, 0.25) is 0 Å². The first-order chi connectivity index (χ1) is 12.1. The van der Waals surface area contributed by atoms with Crippen molar-refractivity contribution in [3.05, 3.63) is 64.2 Å². The van der Waals surface area contributed by atoms with E-state index in [-0.39, 0.29) is 12.3 Å². The Hall–Kier alpha value is -3.37. The Bertz CT molecular complexity index is 718. The molecular weight excluding hydrogens is 328 g/mol. The number of benzene rings is 2. The number of ether oxygens (including phenoxy) is 1. The van der Waals surface area contributed by atoms with Gasteiger partial charge in [-0.15, -0.1) is 0 Å². The van der Waals surface area contributed by atoms with Crippen molar-refractivity contribution >= 4 is 17.2 Å². The molecule has 0 saturated heterocycles. The molecule has 25 heavy (non-hydrogen) atoms. The first kappa shape index (κ1) is 18.0. The van der Waals surface area contributed by atoms with Crippen molar-refractivity contribution < 1.29 is 14.5 Å². The second-order valence-corrected chi connectivity index (χ2v) is 4.75. The lowest BCUT2D eigenvalue weighted by Gasteiger charge is -2.09. The predicted molar refractivity (Wildman–Crippen MR) is 92.7 cm³/mol. The summed E-state index contributed by atoms with van der Waals surface area (Å²) in [7, 11) is 0. The molecule has 0 unspecified atom stereocenters. The highest BCUT2D eigenvalue weighted by Crippen LogP contribution is 2.15. The second-order valence-electron chi connectivity index (χ2n) is 4.75. The zero-order valence-electron chi connectivity index (χ0n) is 13.2. The Balaban J connectivity index is 1.71. The number of nitrogens with two attached hydrogens (primary N) is 2. The molecule has 2 aromatic carbocycles. The van der Waals surface area contributed by atoms with Crippen LogP contribution < -0.4 is 27.3 Å². The number of non-ortho nitro benzene ring substituents is 1. The van der Waals surface area contributed by atoms with E-state index >= 15 is 0 Å². The third-order valence-corrected chi connectivity index (χ3v) is 3.12. The number of hydrogen-bond acceptors (Lipinski definition) is 8. The Kier molecular flexibility index (Phi) is 6.51. The lowest BCUT2D eigenvalue weighted by molar-refractivity contribution is -0.384. The van der Waals surface area contributed by atoms with Gasteiger partial charge in [0.05, 0.1) is 10.6 Å². The van der Waals surface area contributed by atoms with E-state index in [0.29, 0.717) is 23.9 Å². The number of hydrazine groups is 1. The lowest BCUT2D eigenvalue weighted by Crippen LogP contribution is -2.31. The first-order valence-electron chi connectivity index (χ1n) is 7.24. The molecule has 0 spiro atoms. The summed E-state index contributed by atoms with van der Waals surface area (Å²) >= 11 is 0. The van der Waals surface area contributed by atoms with Crippen molar-refractivity contribution in [2.75, 3.05) is 18.7 Å². The molecule has 0 aliphatic rings. The highest BCUT2D eigenvalue weighted by atomic mass is 16.7. The SMILES string of the molecule is N/N=C(\NN)c1ccc(OCCONc2ccc([N+](=O)[O-])cc2)cc1. The molecule has 2 rings (SSSR count). The number of rotatable bonds is 8. The lowest BCUT2D eigenvalue weighted by atomic mass is 10.2. The summed E-state index contributed by atoms with van der Waals surface area (Å²) in [6.07, 6.45) is 0. The summed E-state index contributed by atoms with van der Waals surface area (Å²) in [6, 6.07) is 12.9. The van der Waals surface area contributed by atoms with E-state index in [0.717, 1.165) is 5.56 Å². The van der Waals surface area contributed by atoms with Crippen LogP contribution in [0.15, 0.2) is 53.6 Å². The molecule has 0 bridgehead atoms. The van der Waals surface area contributed by atoms with Gasteiger partial charge in [0, 0.05) is 17.7 Å². The molecule has 10 heteroatoms. The van der Waals surface area contributed by atoms with Crippen LogP contribution in [0.1, 0.15) is 5.56 Å². The monoisotopic (exact) mass is 346 g/mol. The highest BCUT2D eigenvalue weighted by Gasteiger charge is 2.04. The van der Waals surface area contributed by atoms with Crippen molar-refractivity contribution in [3.8, 4) is 5.75 Å². The fourth-order valence-electron chi connectivity index (χ4n) is 1.89. The number of nitro benzene ring substituents is 1. The predicted octanol–water partition coefficient (Wildman–Crippen LogP) is 1.10. The first-order valence-corrected chi connectivity index (χ1v) is 7.24. The molecule has 0 radical (unpaired) electrons. The van der Waals surface area contributed by atoms with Crippen LogP contribution in [0.25, 0.3) is 0 Å². The maximum absolute atomic E-state index is 10.6. The third-order valence-electron chi connectivity index (χ3n) is 3.12. The molecule has 6 N–H and O–H groups in total. The fourth-order valence-corrected chi connectivity index (χ4v) is 1.89. The van der Waals surface area contributed by atoms with E-state index in [1.165, 1.54) is 12.1 Å². The summed E-state index contributed by atoms with van der Waals surface area (Å²) < 4.78 is 5.52. The van der Waals surface area contributed by atoms with Crippen molar-refractivity contribution in [2.24, 2.45) is 16.8 Å². The number of nitro groups is 1. The van der Waals surface area contributed by atoms with Crippen LogP contribution >= 0.6 is 0 Å². The average molecular weight is 346 g/mol. The minimum absolute atomic E-state index is 0.0185. The minimum atomic E-state index is -0.463. The molecule has 0 fully saturated rings. The summed E-state index contributed by atoms with van der Waals surface area (Å²) in [5.41, 5.74) is 6.43. The molecule has 0 heterocycles. The van der Waals surface area contributed by atoms with Gasteiger partial charge in [-0.05, 0) is 36.4 Å². The Morgan fingerprint density at radius 3 is 2.36 bits per heavy atom. The van der Waals surface area contributed by atoms with Gasteiger partial charge >= 0.3 is 0 Å². The minimum Gasteiger partial charge on any atom is -0.491 e. The zero-order valence-corrected chi connectivity index (χ0v) is 13.2. The summed E-state index contributed by atoms with van der Waals surface area (Å²) in [5.74, 6) is 11.5. The molecule has 132 valence electrons. The molecule has 2 aromatic rings. The van der Waals surface area contributed by atoms with Crippen LogP contribution in [0.5, 0.6) is 5.75 Å². The van der Waals surface area contributed by atoms with Gasteiger partial charge in [-0.25, -0.2) is 5.84 Å². The van der Waals surface area contributed by atoms with Gasteiger partial charge in [-0.2, -0.15) is 5.10 Å². The average Bonchev–Trinajstić information content (AvgIpc) is 2.64. The standard InChI is InChI=1S/C15H18N6O4/c16-18-15(19-17)11-1-7-14(8-2-11)24-9-10-25-20-12-3-5-13(6-4-12)21(22)23/h1-8,20H,9-10,16-17H2,(H,18,19). The Labute approximate surface area is 143 Å². The summed E-state index contributed by atoms with van der Waals surface area (Å²) in [6.45, 7) is 0.588. The topological polar surface area (TPSA) is 150 Å². The molecule has 0 atom stereocenters. The van der Waals surface area contributed by atoms with E-state index < -0.39 is 4.92 Å². The number of nitrogens with one attached hydrogen (secondary N) is 2. The fraction of sp³-hybridized carbons (Fsp3) is 0.133. The van der Waals surface area contributed by atoms with Gasteiger partial charge in [-0.3, -0.25) is 20.4 Å². The van der Waals surface area contributed by atoms with Crippen LogP contribution in [0.4, 0.5) is 11.4 Å². The van der Waals surface area contributed by atoms with Crippen LogP contribution in [-0.4, -0.2) is 24.0 Å². The zero-order chi connectivity index (χ0) is 18.1. The Morgan fingerprint density at radius 1 is 1.12 bits per heavy atom. The van der Waals surface area contributed by atoms with Crippen molar-refractivity contribution in [2.45, 2.75) is 0 Å². The third kappa shape index (κ3) is 5.34. The van der Waals surface area contributed by atoms with Crippen LogP contribution in [0.3, 0.4) is 0 Å². The van der Waals surface area contributed by atoms with Crippen molar-refractivity contribution in [1.82, 2.24) is 5.43 Å². The molecular formula is C15H18N6O4. The number of anilines is 1. The van der Waals surface area contributed by atoms with Gasteiger partial charge < -0.3 is 16.0 Å². The molecule has 0 aromatic heterocycles. The van der Waals surface area contributed by atoms with E-state index in [4.69, 9.17) is 21.3 Å². The number of hydrazone groups is 1. The number of amidine groups is 1. The number of nitrogens with zero attached hydrogens (tertiary/aromatic N) is 2. The van der Waals surface area contributed by atoms with Crippen molar-refractivity contribution in [1.29, 1.82) is 0 Å². The van der Waals surface area contributed by atoms with E-state index in [1.807, 2.05) is 0 Å².